The van der Waals surface area contributed by atoms with Crippen LogP contribution in [-0.4, -0.2) is 33.3 Å². The molecular formula is C15H20N4O2. The second-order valence-corrected chi connectivity index (χ2v) is 5.41. The van der Waals surface area contributed by atoms with E-state index in [0.717, 1.165) is 31.3 Å². The fourth-order valence-electron chi connectivity index (χ4n) is 2.80. The topological polar surface area (TPSA) is 95.5 Å². The number of rotatable bonds is 3. The minimum atomic E-state index is -0.140. The van der Waals surface area contributed by atoms with Crippen molar-refractivity contribution in [1.29, 1.82) is 0 Å². The van der Waals surface area contributed by atoms with Crippen molar-refractivity contribution in [2.75, 3.05) is 23.7 Å². The summed E-state index contributed by atoms with van der Waals surface area (Å²) < 4.78 is 0. The number of nitrogens with zero attached hydrogens (tertiary/aromatic N) is 3. The number of nitrogen functional groups attached to an aromatic ring is 1. The first-order valence-electron chi connectivity index (χ1n) is 7.28. The summed E-state index contributed by atoms with van der Waals surface area (Å²) in [7, 11) is 0. The fourth-order valence-corrected chi connectivity index (χ4v) is 2.80. The molecule has 6 nitrogen and oxygen atoms in total. The van der Waals surface area contributed by atoms with E-state index in [4.69, 9.17) is 5.73 Å². The molecule has 21 heavy (non-hydrogen) atoms. The first kappa shape index (κ1) is 14.0. The Morgan fingerprint density at radius 1 is 1.00 bits per heavy atom. The predicted molar refractivity (Wildman–Crippen MR) is 81.9 cm³/mol. The van der Waals surface area contributed by atoms with Crippen LogP contribution in [0.4, 0.5) is 11.8 Å². The van der Waals surface area contributed by atoms with E-state index in [2.05, 4.69) is 14.9 Å². The maximum absolute atomic E-state index is 9.40. The number of hydrogen-bond acceptors (Lipinski definition) is 6. The van der Waals surface area contributed by atoms with Gasteiger partial charge in [0.2, 0.25) is 5.95 Å². The second kappa shape index (κ2) is 5.83. The van der Waals surface area contributed by atoms with E-state index in [9.17, 15) is 10.2 Å². The molecule has 1 aliphatic heterocycles. The van der Waals surface area contributed by atoms with Crippen molar-refractivity contribution in [1.82, 2.24) is 9.97 Å². The second-order valence-electron chi connectivity index (χ2n) is 5.41. The lowest BCUT2D eigenvalue weighted by Gasteiger charge is -2.27. The van der Waals surface area contributed by atoms with Crippen LogP contribution in [0.3, 0.4) is 0 Å². The Balaban J connectivity index is 2.09. The number of hydrogen-bond donors (Lipinski definition) is 3. The van der Waals surface area contributed by atoms with Crippen molar-refractivity contribution in [2.45, 2.75) is 32.5 Å². The normalized spacial score (nSPS) is 15.6. The Hall–Kier alpha value is -1.92. The van der Waals surface area contributed by atoms with E-state index in [0.29, 0.717) is 28.4 Å². The van der Waals surface area contributed by atoms with E-state index in [1.54, 1.807) is 12.1 Å². The van der Waals surface area contributed by atoms with Crippen LogP contribution in [0.2, 0.25) is 0 Å². The maximum Gasteiger partial charge on any atom is 0.227 e. The highest BCUT2D eigenvalue weighted by molar-refractivity contribution is 5.90. The Morgan fingerprint density at radius 3 is 2.33 bits per heavy atom. The summed E-state index contributed by atoms with van der Waals surface area (Å²) in [6, 6.07) is 3.54. The standard InChI is InChI=1S/C15H20N4O2/c16-14-12-6-10(8-20)11(9-21)7-13(12)17-15(18-14)19-4-2-1-3-5-19/h6-7,20-21H,1-5,8-9H2,(H2,16,17,18). The molecule has 1 aliphatic rings. The van der Waals surface area contributed by atoms with Crippen molar-refractivity contribution in [3.8, 4) is 0 Å². The molecule has 1 fully saturated rings. The number of aromatic nitrogens is 2. The Labute approximate surface area is 123 Å². The summed E-state index contributed by atoms with van der Waals surface area (Å²) in [5, 5.41) is 19.5. The lowest BCUT2D eigenvalue weighted by molar-refractivity contribution is 0.260. The highest BCUT2D eigenvalue weighted by Crippen LogP contribution is 2.26. The van der Waals surface area contributed by atoms with E-state index in [1.165, 1.54) is 6.42 Å². The van der Waals surface area contributed by atoms with Crippen LogP contribution >= 0.6 is 0 Å². The lowest BCUT2D eigenvalue weighted by atomic mass is 10.1. The number of aliphatic hydroxyl groups excluding tert-OH is 2. The van der Waals surface area contributed by atoms with Gasteiger partial charge in [-0.3, -0.25) is 0 Å². The summed E-state index contributed by atoms with van der Waals surface area (Å²) in [6.45, 7) is 1.63. The van der Waals surface area contributed by atoms with Crippen LogP contribution in [-0.2, 0) is 13.2 Å². The zero-order valence-corrected chi connectivity index (χ0v) is 11.9. The van der Waals surface area contributed by atoms with Gasteiger partial charge in [0.25, 0.3) is 0 Å². The van der Waals surface area contributed by atoms with Gasteiger partial charge < -0.3 is 20.8 Å². The molecule has 0 atom stereocenters. The van der Waals surface area contributed by atoms with Crippen molar-refractivity contribution in [3.63, 3.8) is 0 Å². The molecule has 1 saturated heterocycles. The SMILES string of the molecule is Nc1nc(N2CCCCC2)nc2cc(CO)c(CO)cc12. The summed E-state index contributed by atoms with van der Waals surface area (Å²) in [5.41, 5.74) is 8.10. The number of aliphatic hydroxyl groups is 2. The Bertz CT molecular complexity index is 654. The van der Waals surface area contributed by atoms with Crippen LogP contribution in [0.5, 0.6) is 0 Å². The third-order valence-electron chi connectivity index (χ3n) is 4.01. The highest BCUT2D eigenvalue weighted by atomic mass is 16.3. The van der Waals surface area contributed by atoms with Crippen LogP contribution in [0.1, 0.15) is 30.4 Å². The number of piperidine rings is 1. The summed E-state index contributed by atoms with van der Waals surface area (Å²) >= 11 is 0. The molecule has 0 radical (unpaired) electrons. The monoisotopic (exact) mass is 288 g/mol. The van der Waals surface area contributed by atoms with Gasteiger partial charge in [-0.1, -0.05) is 0 Å². The van der Waals surface area contributed by atoms with Gasteiger partial charge in [0.05, 0.1) is 18.7 Å². The van der Waals surface area contributed by atoms with Crippen LogP contribution < -0.4 is 10.6 Å². The number of fused-ring (bicyclic) bond motifs is 1. The summed E-state index contributed by atoms with van der Waals surface area (Å²) in [4.78, 5) is 11.1. The van der Waals surface area contributed by atoms with Crippen LogP contribution in [0.25, 0.3) is 10.9 Å². The smallest absolute Gasteiger partial charge is 0.227 e. The third kappa shape index (κ3) is 2.64. The minimum Gasteiger partial charge on any atom is -0.392 e. The number of nitrogens with two attached hydrogens (primary N) is 1. The Kier molecular flexibility index (Phi) is 3.90. The molecule has 1 aromatic heterocycles. The summed E-state index contributed by atoms with van der Waals surface area (Å²) in [5.74, 6) is 1.07. The lowest BCUT2D eigenvalue weighted by Crippen LogP contribution is -2.31. The Morgan fingerprint density at radius 2 is 1.67 bits per heavy atom. The molecule has 4 N–H and O–H groups in total. The van der Waals surface area contributed by atoms with Crippen molar-refractivity contribution >= 4 is 22.7 Å². The molecule has 0 aliphatic carbocycles. The van der Waals surface area contributed by atoms with E-state index in [-0.39, 0.29) is 13.2 Å². The molecule has 2 heterocycles. The molecule has 6 heteroatoms. The quantitative estimate of drug-likeness (QED) is 0.785. The first-order chi connectivity index (χ1) is 10.2. The average molecular weight is 288 g/mol. The molecule has 0 saturated carbocycles. The highest BCUT2D eigenvalue weighted by Gasteiger charge is 2.16. The number of benzene rings is 1. The molecule has 112 valence electrons. The van der Waals surface area contributed by atoms with E-state index >= 15 is 0 Å². The van der Waals surface area contributed by atoms with Crippen LogP contribution in [0.15, 0.2) is 12.1 Å². The third-order valence-corrected chi connectivity index (χ3v) is 4.01. The molecular weight excluding hydrogens is 268 g/mol. The van der Waals surface area contributed by atoms with Gasteiger partial charge in [-0.2, -0.15) is 4.98 Å². The first-order valence-corrected chi connectivity index (χ1v) is 7.28. The molecule has 3 rings (SSSR count). The van der Waals surface area contributed by atoms with Gasteiger partial charge in [0, 0.05) is 18.5 Å². The van der Waals surface area contributed by atoms with Gasteiger partial charge in [-0.05, 0) is 42.5 Å². The molecule has 1 aromatic carbocycles. The van der Waals surface area contributed by atoms with Gasteiger partial charge >= 0.3 is 0 Å². The van der Waals surface area contributed by atoms with Gasteiger partial charge in [-0.25, -0.2) is 4.98 Å². The fraction of sp³-hybridized carbons (Fsp3) is 0.467. The molecule has 0 amide bonds. The minimum absolute atomic E-state index is 0.130. The summed E-state index contributed by atoms with van der Waals surface area (Å²) in [6.07, 6.45) is 3.54. The predicted octanol–water partition coefficient (Wildman–Crippen LogP) is 1.19. The van der Waals surface area contributed by atoms with Gasteiger partial charge in [0.15, 0.2) is 0 Å². The molecule has 0 spiro atoms. The average Bonchev–Trinajstić information content (AvgIpc) is 2.54. The van der Waals surface area contributed by atoms with Crippen molar-refractivity contribution < 1.29 is 10.2 Å². The maximum atomic E-state index is 9.40. The zero-order valence-electron chi connectivity index (χ0n) is 11.9. The zero-order chi connectivity index (χ0) is 14.8. The van der Waals surface area contributed by atoms with E-state index in [1.807, 2.05) is 0 Å². The van der Waals surface area contributed by atoms with Gasteiger partial charge in [-0.15, -0.1) is 0 Å². The van der Waals surface area contributed by atoms with E-state index < -0.39 is 0 Å². The van der Waals surface area contributed by atoms with Crippen LogP contribution in [0, 0.1) is 0 Å². The van der Waals surface area contributed by atoms with Gasteiger partial charge in [0.1, 0.15) is 5.82 Å². The molecule has 0 unspecified atom stereocenters. The van der Waals surface area contributed by atoms with Crippen molar-refractivity contribution in [2.24, 2.45) is 0 Å². The van der Waals surface area contributed by atoms with Crippen molar-refractivity contribution in [3.05, 3.63) is 23.3 Å². The largest absolute Gasteiger partial charge is 0.392 e. The molecule has 0 bridgehead atoms. The molecule has 2 aromatic rings. The number of anilines is 2.